The summed E-state index contributed by atoms with van der Waals surface area (Å²) in [5.41, 5.74) is 0.846. The lowest BCUT2D eigenvalue weighted by atomic mass is 10.0. The van der Waals surface area contributed by atoms with Crippen LogP contribution in [0.3, 0.4) is 0 Å². The second-order valence-corrected chi connectivity index (χ2v) is 9.52. The van der Waals surface area contributed by atoms with Gasteiger partial charge in [0.15, 0.2) is 0 Å². The molecule has 1 saturated heterocycles. The van der Waals surface area contributed by atoms with Gasteiger partial charge in [-0.05, 0) is 36.5 Å². The molecule has 1 atom stereocenters. The molecule has 2 fully saturated rings. The van der Waals surface area contributed by atoms with Crippen LogP contribution in [0.15, 0.2) is 24.3 Å². The Labute approximate surface area is 148 Å². The smallest absolute Gasteiger partial charge is 0.224 e. The maximum atomic E-state index is 13.1. The minimum atomic E-state index is -3.30. The third-order valence-corrected chi connectivity index (χ3v) is 7.39. The zero-order valence-electron chi connectivity index (χ0n) is 14.7. The molecule has 1 amide bonds. The number of nitrogens with zero attached hydrogens (tertiary/aromatic N) is 2. The first-order valence-electron chi connectivity index (χ1n) is 8.82. The Balaban J connectivity index is 1.83. The van der Waals surface area contributed by atoms with Crippen molar-refractivity contribution in [1.82, 2.24) is 9.21 Å². The molecule has 3 rings (SSSR count). The van der Waals surface area contributed by atoms with E-state index in [1.165, 1.54) is 16.4 Å². The standard InChI is InChI=1S/C18H25FN2O3S/c1-13(2)17-12-20(25(23,24)16-7-8-16)10-9-18(22)21(17)11-14-3-5-15(19)6-4-14/h3-6,13,16-17H,7-12H2,1-2H3/t17-/m1/s1. The van der Waals surface area contributed by atoms with Gasteiger partial charge in [0.05, 0.1) is 5.25 Å². The minimum Gasteiger partial charge on any atom is -0.334 e. The molecule has 5 nitrogen and oxygen atoms in total. The van der Waals surface area contributed by atoms with Gasteiger partial charge in [-0.15, -0.1) is 0 Å². The van der Waals surface area contributed by atoms with Crippen LogP contribution in [0.25, 0.3) is 0 Å². The normalized spacial score (nSPS) is 23.1. The molecule has 0 radical (unpaired) electrons. The lowest BCUT2D eigenvalue weighted by Gasteiger charge is -2.34. The summed E-state index contributed by atoms with van der Waals surface area (Å²) < 4.78 is 39.9. The van der Waals surface area contributed by atoms with Crippen LogP contribution >= 0.6 is 0 Å². The van der Waals surface area contributed by atoms with Crippen LogP contribution in [-0.4, -0.2) is 47.9 Å². The van der Waals surface area contributed by atoms with E-state index in [2.05, 4.69) is 0 Å². The quantitative estimate of drug-likeness (QED) is 0.802. The monoisotopic (exact) mass is 368 g/mol. The molecule has 1 aliphatic heterocycles. The topological polar surface area (TPSA) is 57.7 Å². The van der Waals surface area contributed by atoms with E-state index in [-0.39, 0.29) is 41.9 Å². The number of amides is 1. The van der Waals surface area contributed by atoms with Crippen LogP contribution in [0.2, 0.25) is 0 Å². The van der Waals surface area contributed by atoms with Gasteiger partial charge in [-0.25, -0.2) is 12.8 Å². The molecule has 2 aliphatic rings. The van der Waals surface area contributed by atoms with Gasteiger partial charge < -0.3 is 4.90 Å². The summed E-state index contributed by atoms with van der Waals surface area (Å²) >= 11 is 0. The molecule has 0 aromatic heterocycles. The van der Waals surface area contributed by atoms with Gasteiger partial charge in [0, 0.05) is 32.1 Å². The molecule has 1 heterocycles. The molecule has 0 unspecified atom stereocenters. The zero-order chi connectivity index (χ0) is 18.2. The van der Waals surface area contributed by atoms with Crippen molar-refractivity contribution in [3.05, 3.63) is 35.6 Å². The number of hydrogen-bond acceptors (Lipinski definition) is 3. The Kier molecular flexibility index (Phi) is 5.16. The second-order valence-electron chi connectivity index (χ2n) is 7.31. The third kappa shape index (κ3) is 4.03. The molecule has 1 aliphatic carbocycles. The predicted octanol–water partition coefficient (Wildman–Crippen LogP) is 2.38. The minimum absolute atomic E-state index is 0.0449. The van der Waals surface area contributed by atoms with Crippen molar-refractivity contribution in [2.75, 3.05) is 13.1 Å². The Bertz CT molecular complexity index is 729. The van der Waals surface area contributed by atoms with Gasteiger partial charge in [0.2, 0.25) is 15.9 Å². The molecular weight excluding hydrogens is 343 g/mol. The van der Waals surface area contributed by atoms with Gasteiger partial charge in [-0.3, -0.25) is 4.79 Å². The molecule has 0 bridgehead atoms. The number of carbonyl (C=O) groups is 1. The summed E-state index contributed by atoms with van der Waals surface area (Å²) in [6.07, 6.45) is 1.63. The van der Waals surface area contributed by atoms with Gasteiger partial charge in [-0.2, -0.15) is 4.31 Å². The highest BCUT2D eigenvalue weighted by molar-refractivity contribution is 7.90. The molecule has 1 aromatic rings. The molecular formula is C18H25FN2O3S. The average molecular weight is 368 g/mol. The Morgan fingerprint density at radius 3 is 2.40 bits per heavy atom. The van der Waals surface area contributed by atoms with Crippen molar-refractivity contribution in [2.45, 2.75) is 50.9 Å². The van der Waals surface area contributed by atoms with Crippen LogP contribution in [0, 0.1) is 11.7 Å². The number of carbonyl (C=O) groups excluding carboxylic acids is 1. The maximum Gasteiger partial charge on any atom is 0.224 e. The first-order valence-corrected chi connectivity index (χ1v) is 10.3. The van der Waals surface area contributed by atoms with Crippen molar-refractivity contribution in [3.8, 4) is 0 Å². The summed E-state index contributed by atoms with van der Waals surface area (Å²) in [6, 6.07) is 5.92. The van der Waals surface area contributed by atoms with E-state index in [1.54, 1.807) is 17.0 Å². The SMILES string of the molecule is CC(C)[C@H]1CN(S(=O)(=O)C2CC2)CCC(=O)N1Cc1ccc(F)cc1. The highest BCUT2D eigenvalue weighted by atomic mass is 32.2. The van der Waals surface area contributed by atoms with E-state index in [4.69, 9.17) is 0 Å². The predicted molar refractivity (Wildman–Crippen MR) is 93.7 cm³/mol. The molecule has 1 saturated carbocycles. The second kappa shape index (κ2) is 7.03. The summed E-state index contributed by atoms with van der Waals surface area (Å²) in [5, 5.41) is -0.265. The van der Waals surface area contributed by atoms with Crippen molar-refractivity contribution >= 4 is 15.9 Å². The Morgan fingerprint density at radius 1 is 1.20 bits per heavy atom. The van der Waals surface area contributed by atoms with Crippen LogP contribution in [0.5, 0.6) is 0 Å². The third-order valence-electron chi connectivity index (χ3n) is 5.03. The van der Waals surface area contributed by atoms with E-state index in [9.17, 15) is 17.6 Å². The van der Waals surface area contributed by atoms with Crippen LogP contribution in [0.1, 0.15) is 38.7 Å². The molecule has 138 valence electrons. The fourth-order valence-corrected chi connectivity index (χ4v) is 5.18. The largest absolute Gasteiger partial charge is 0.334 e. The van der Waals surface area contributed by atoms with E-state index >= 15 is 0 Å². The van der Waals surface area contributed by atoms with E-state index < -0.39 is 10.0 Å². The lowest BCUT2D eigenvalue weighted by Crippen LogP contribution is -2.47. The highest BCUT2D eigenvalue weighted by Crippen LogP contribution is 2.33. The zero-order valence-corrected chi connectivity index (χ0v) is 15.5. The summed E-state index contributed by atoms with van der Waals surface area (Å²) in [5.74, 6) is -0.232. The maximum absolute atomic E-state index is 13.1. The Morgan fingerprint density at radius 2 is 1.84 bits per heavy atom. The molecule has 7 heteroatoms. The first kappa shape index (κ1) is 18.3. The number of sulfonamides is 1. The molecule has 1 aromatic carbocycles. The number of rotatable bonds is 5. The van der Waals surface area contributed by atoms with Crippen LogP contribution in [-0.2, 0) is 21.4 Å². The highest BCUT2D eigenvalue weighted by Gasteiger charge is 2.43. The summed E-state index contributed by atoms with van der Waals surface area (Å²) in [7, 11) is -3.30. The summed E-state index contributed by atoms with van der Waals surface area (Å²) in [6.45, 7) is 4.97. The van der Waals surface area contributed by atoms with Gasteiger partial charge in [0.25, 0.3) is 0 Å². The fraction of sp³-hybridized carbons (Fsp3) is 0.611. The van der Waals surface area contributed by atoms with E-state index in [1.807, 2.05) is 13.8 Å². The van der Waals surface area contributed by atoms with E-state index in [0.29, 0.717) is 13.1 Å². The number of benzene rings is 1. The van der Waals surface area contributed by atoms with Gasteiger partial charge >= 0.3 is 0 Å². The van der Waals surface area contributed by atoms with E-state index in [0.717, 1.165) is 18.4 Å². The molecule has 0 N–H and O–H groups in total. The number of halogens is 1. The first-order chi connectivity index (χ1) is 11.8. The van der Waals surface area contributed by atoms with Gasteiger partial charge in [0.1, 0.15) is 5.82 Å². The van der Waals surface area contributed by atoms with Crippen LogP contribution < -0.4 is 0 Å². The molecule has 0 spiro atoms. The fourth-order valence-electron chi connectivity index (χ4n) is 3.32. The molecule has 25 heavy (non-hydrogen) atoms. The number of hydrogen-bond donors (Lipinski definition) is 0. The van der Waals surface area contributed by atoms with Crippen LogP contribution in [0.4, 0.5) is 4.39 Å². The van der Waals surface area contributed by atoms with Crippen molar-refractivity contribution in [1.29, 1.82) is 0 Å². The van der Waals surface area contributed by atoms with Crippen molar-refractivity contribution < 1.29 is 17.6 Å². The van der Waals surface area contributed by atoms with Crippen molar-refractivity contribution in [3.63, 3.8) is 0 Å². The summed E-state index contributed by atoms with van der Waals surface area (Å²) in [4.78, 5) is 14.5. The van der Waals surface area contributed by atoms with Gasteiger partial charge in [-0.1, -0.05) is 26.0 Å². The Hall–Kier alpha value is -1.47. The average Bonchev–Trinajstić information content (AvgIpc) is 3.39. The van der Waals surface area contributed by atoms with Crippen molar-refractivity contribution in [2.24, 2.45) is 5.92 Å². The lowest BCUT2D eigenvalue weighted by molar-refractivity contribution is -0.134.